The number of thiophene rings is 1. The van der Waals surface area contributed by atoms with Crippen LogP contribution in [0, 0.1) is 0 Å². The average Bonchev–Trinajstić information content (AvgIpc) is 2.95. The SMILES string of the molecule is CN1CCc2cc(C(O)c3cscc3Br)ccc21. The number of fused-ring (bicyclic) bond motifs is 1. The monoisotopic (exact) mass is 323 g/mol. The lowest BCUT2D eigenvalue weighted by Gasteiger charge is -2.14. The molecule has 0 amide bonds. The molecule has 0 aliphatic carbocycles. The van der Waals surface area contributed by atoms with Crippen LogP contribution in [0.15, 0.2) is 33.4 Å². The molecule has 4 heteroatoms. The van der Waals surface area contributed by atoms with E-state index in [1.807, 2.05) is 16.8 Å². The summed E-state index contributed by atoms with van der Waals surface area (Å²) in [7, 11) is 2.11. The van der Waals surface area contributed by atoms with Gasteiger partial charge in [0, 0.05) is 34.7 Å². The molecule has 1 atom stereocenters. The quantitative estimate of drug-likeness (QED) is 0.913. The van der Waals surface area contributed by atoms with Crippen LogP contribution >= 0.6 is 27.3 Å². The number of anilines is 1. The maximum atomic E-state index is 10.4. The van der Waals surface area contributed by atoms with Crippen molar-refractivity contribution in [1.82, 2.24) is 0 Å². The Kier molecular flexibility index (Phi) is 3.18. The van der Waals surface area contributed by atoms with Crippen LogP contribution in [0.25, 0.3) is 0 Å². The minimum Gasteiger partial charge on any atom is -0.384 e. The van der Waals surface area contributed by atoms with Crippen molar-refractivity contribution in [3.63, 3.8) is 0 Å². The van der Waals surface area contributed by atoms with Gasteiger partial charge in [-0.2, -0.15) is 11.3 Å². The summed E-state index contributed by atoms with van der Waals surface area (Å²) in [5.41, 5.74) is 4.55. The first kappa shape index (κ1) is 12.2. The number of nitrogens with zero attached hydrogens (tertiary/aromatic N) is 1. The molecule has 94 valence electrons. The molecule has 0 bridgehead atoms. The third-order valence-corrected chi connectivity index (χ3v) is 5.24. The van der Waals surface area contributed by atoms with Gasteiger partial charge >= 0.3 is 0 Å². The fourth-order valence-corrected chi connectivity index (χ4v) is 3.96. The summed E-state index contributed by atoms with van der Waals surface area (Å²) in [5, 5.41) is 14.4. The predicted octanol–water partition coefficient (Wildman–Crippen LogP) is 3.58. The number of benzene rings is 1. The summed E-state index contributed by atoms with van der Waals surface area (Å²) in [6, 6.07) is 6.27. The van der Waals surface area contributed by atoms with Gasteiger partial charge in [0.15, 0.2) is 0 Å². The van der Waals surface area contributed by atoms with Gasteiger partial charge in [-0.25, -0.2) is 0 Å². The Bertz CT molecular complexity index is 581. The van der Waals surface area contributed by atoms with Crippen LogP contribution in [0.1, 0.15) is 22.8 Å². The average molecular weight is 324 g/mol. The highest BCUT2D eigenvalue weighted by Gasteiger charge is 2.19. The van der Waals surface area contributed by atoms with E-state index in [1.165, 1.54) is 11.3 Å². The third-order valence-electron chi connectivity index (χ3n) is 3.48. The molecule has 0 saturated carbocycles. The van der Waals surface area contributed by atoms with Crippen molar-refractivity contribution in [1.29, 1.82) is 0 Å². The number of halogens is 1. The summed E-state index contributed by atoms with van der Waals surface area (Å²) >= 11 is 5.08. The zero-order chi connectivity index (χ0) is 12.7. The highest BCUT2D eigenvalue weighted by atomic mass is 79.9. The largest absolute Gasteiger partial charge is 0.384 e. The molecule has 1 aliphatic rings. The van der Waals surface area contributed by atoms with Crippen molar-refractivity contribution >= 4 is 33.0 Å². The standard InChI is InChI=1S/C14H14BrNOS/c1-16-5-4-9-6-10(2-3-13(9)16)14(17)11-7-18-8-12(11)15/h2-3,6-8,14,17H,4-5H2,1H3. The number of rotatable bonds is 2. The molecule has 1 aromatic heterocycles. The van der Waals surface area contributed by atoms with Gasteiger partial charge < -0.3 is 10.0 Å². The van der Waals surface area contributed by atoms with E-state index in [1.54, 1.807) is 11.3 Å². The highest BCUT2D eigenvalue weighted by Crippen LogP contribution is 2.34. The van der Waals surface area contributed by atoms with Gasteiger partial charge in [-0.3, -0.25) is 0 Å². The Hall–Kier alpha value is -0.840. The summed E-state index contributed by atoms with van der Waals surface area (Å²) in [6.07, 6.45) is 0.527. The van der Waals surface area contributed by atoms with E-state index in [9.17, 15) is 5.11 Å². The summed E-state index contributed by atoms with van der Waals surface area (Å²) in [5.74, 6) is 0. The van der Waals surface area contributed by atoms with Gasteiger partial charge in [0.25, 0.3) is 0 Å². The van der Waals surface area contributed by atoms with Gasteiger partial charge in [0.05, 0.1) is 0 Å². The fourth-order valence-electron chi connectivity index (χ4n) is 2.42. The lowest BCUT2D eigenvalue weighted by atomic mass is 10.0. The van der Waals surface area contributed by atoms with Crippen molar-refractivity contribution in [2.45, 2.75) is 12.5 Å². The Morgan fingerprint density at radius 1 is 1.39 bits per heavy atom. The molecule has 0 radical (unpaired) electrons. The van der Waals surface area contributed by atoms with Crippen LogP contribution in [-0.4, -0.2) is 18.7 Å². The minimum absolute atomic E-state index is 0.540. The van der Waals surface area contributed by atoms with Crippen molar-refractivity contribution in [3.05, 3.63) is 50.1 Å². The van der Waals surface area contributed by atoms with Crippen molar-refractivity contribution in [2.24, 2.45) is 0 Å². The number of aliphatic hydroxyl groups excluding tert-OH is 1. The van der Waals surface area contributed by atoms with Crippen molar-refractivity contribution < 1.29 is 5.11 Å². The first-order chi connectivity index (χ1) is 8.66. The second-order valence-corrected chi connectivity index (χ2v) is 6.24. The van der Waals surface area contributed by atoms with E-state index in [0.717, 1.165) is 28.6 Å². The van der Waals surface area contributed by atoms with Crippen LogP contribution < -0.4 is 4.90 Å². The number of aliphatic hydroxyl groups is 1. The molecule has 18 heavy (non-hydrogen) atoms. The lowest BCUT2D eigenvalue weighted by molar-refractivity contribution is 0.220. The van der Waals surface area contributed by atoms with Crippen LogP contribution in [0.5, 0.6) is 0 Å². The van der Waals surface area contributed by atoms with Gasteiger partial charge in [-0.1, -0.05) is 12.1 Å². The molecule has 2 nitrogen and oxygen atoms in total. The van der Waals surface area contributed by atoms with E-state index in [-0.39, 0.29) is 0 Å². The second kappa shape index (κ2) is 4.68. The molecule has 3 rings (SSSR count). The summed E-state index contributed by atoms with van der Waals surface area (Å²) in [4.78, 5) is 2.26. The Balaban J connectivity index is 1.96. The van der Waals surface area contributed by atoms with Crippen molar-refractivity contribution in [2.75, 3.05) is 18.5 Å². The number of likely N-dealkylation sites (N-methyl/N-ethyl adjacent to an activating group) is 1. The molecule has 0 spiro atoms. The second-order valence-electron chi connectivity index (χ2n) is 4.64. The molecule has 0 fully saturated rings. The third kappa shape index (κ3) is 1.98. The van der Waals surface area contributed by atoms with Gasteiger partial charge in [0.1, 0.15) is 6.10 Å². The van der Waals surface area contributed by atoms with Gasteiger partial charge in [-0.05, 0) is 44.9 Å². The van der Waals surface area contributed by atoms with Crippen molar-refractivity contribution in [3.8, 4) is 0 Å². The van der Waals surface area contributed by atoms with Crippen LogP contribution in [0.4, 0.5) is 5.69 Å². The fraction of sp³-hybridized carbons (Fsp3) is 0.286. The van der Waals surface area contributed by atoms with E-state index in [2.05, 4.69) is 40.0 Å². The molecule has 2 heterocycles. The highest BCUT2D eigenvalue weighted by molar-refractivity contribution is 9.10. The molecule has 1 N–H and O–H groups in total. The minimum atomic E-state index is -0.540. The summed E-state index contributed by atoms with van der Waals surface area (Å²) < 4.78 is 0.984. The maximum Gasteiger partial charge on any atom is 0.106 e. The Morgan fingerprint density at radius 2 is 2.22 bits per heavy atom. The van der Waals surface area contributed by atoms with E-state index >= 15 is 0 Å². The van der Waals surface area contributed by atoms with E-state index < -0.39 is 6.10 Å². The number of hydrogen-bond acceptors (Lipinski definition) is 3. The zero-order valence-corrected chi connectivity index (χ0v) is 12.5. The van der Waals surface area contributed by atoms with E-state index in [4.69, 9.17) is 0 Å². The summed E-state index contributed by atoms with van der Waals surface area (Å²) in [6.45, 7) is 1.07. The van der Waals surface area contributed by atoms with Crippen LogP contribution in [-0.2, 0) is 6.42 Å². The smallest absolute Gasteiger partial charge is 0.106 e. The molecule has 2 aromatic rings. The lowest BCUT2D eigenvalue weighted by Crippen LogP contribution is -2.12. The molecule has 0 saturated heterocycles. The van der Waals surface area contributed by atoms with Crippen LogP contribution in [0.3, 0.4) is 0 Å². The first-order valence-corrected chi connectivity index (χ1v) is 7.64. The first-order valence-electron chi connectivity index (χ1n) is 5.90. The molecule has 1 aliphatic heterocycles. The van der Waals surface area contributed by atoms with Gasteiger partial charge in [-0.15, -0.1) is 0 Å². The molecular weight excluding hydrogens is 310 g/mol. The maximum absolute atomic E-state index is 10.4. The van der Waals surface area contributed by atoms with E-state index in [0.29, 0.717) is 0 Å². The normalized spacial score (nSPS) is 15.8. The predicted molar refractivity (Wildman–Crippen MR) is 79.5 cm³/mol. The Morgan fingerprint density at radius 3 is 2.94 bits per heavy atom. The molecule has 1 aromatic carbocycles. The topological polar surface area (TPSA) is 23.5 Å². The molecular formula is C14H14BrNOS. The van der Waals surface area contributed by atoms with Gasteiger partial charge in [0.2, 0.25) is 0 Å². The molecule has 1 unspecified atom stereocenters. The zero-order valence-electron chi connectivity index (χ0n) is 10.1. The van der Waals surface area contributed by atoms with Crippen LogP contribution in [0.2, 0.25) is 0 Å². The number of hydrogen-bond donors (Lipinski definition) is 1. The Labute approximate surface area is 119 Å².